The number of benzene rings is 4. The summed E-state index contributed by atoms with van der Waals surface area (Å²) in [5.41, 5.74) is 11.8. The zero-order valence-corrected chi connectivity index (χ0v) is 23.6. The van der Waals surface area contributed by atoms with Gasteiger partial charge in [0.2, 0.25) is 0 Å². The Morgan fingerprint density at radius 2 is 1.07 bits per heavy atom. The Hall–Kier alpha value is -4.83. The van der Waals surface area contributed by atoms with Gasteiger partial charge in [-0.05, 0) is 81.1 Å². The second-order valence-electron chi connectivity index (χ2n) is 10.2. The maximum atomic E-state index is 11.3. The third-order valence-corrected chi connectivity index (χ3v) is 6.97. The van der Waals surface area contributed by atoms with Crippen LogP contribution in [0.15, 0.2) is 113 Å². The molecule has 0 bridgehead atoms. The van der Waals surface area contributed by atoms with Crippen molar-refractivity contribution in [3.05, 3.63) is 131 Å². The highest BCUT2D eigenvalue weighted by Crippen LogP contribution is 2.41. The fourth-order valence-electron chi connectivity index (χ4n) is 5.02. The van der Waals surface area contributed by atoms with Gasteiger partial charge in [0.1, 0.15) is 5.75 Å². The van der Waals surface area contributed by atoms with E-state index in [1.807, 2.05) is 105 Å². The maximum absolute atomic E-state index is 11.3. The number of aromatic hydroxyl groups is 1. The Morgan fingerprint density at radius 1 is 0.600 bits per heavy atom. The number of phenols is 1. The molecule has 198 valence electrons. The van der Waals surface area contributed by atoms with Gasteiger partial charge in [-0.15, -0.1) is 0 Å². The van der Waals surface area contributed by atoms with Crippen molar-refractivity contribution in [1.29, 1.82) is 0 Å². The number of aliphatic imine (C=N–C) groups is 2. The topological polar surface area (TPSA) is 57.8 Å². The minimum absolute atomic E-state index is 0.239. The summed E-state index contributed by atoms with van der Waals surface area (Å²) < 4.78 is 0. The molecule has 0 atom stereocenters. The lowest BCUT2D eigenvalue weighted by molar-refractivity contribution is 0.479. The average molecular weight is 524 g/mol. The number of rotatable bonds is 6. The number of aromatic nitrogens is 1. The number of nitrogens with zero attached hydrogens (tertiary/aromatic N) is 3. The van der Waals surface area contributed by atoms with E-state index in [1.54, 1.807) is 0 Å². The summed E-state index contributed by atoms with van der Waals surface area (Å²) in [6, 6.07) is 33.9. The van der Waals surface area contributed by atoms with Crippen molar-refractivity contribution in [3.8, 4) is 28.0 Å². The highest BCUT2D eigenvalue weighted by atomic mass is 16.3. The third kappa shape index (κ3) is 5.76. The number of pyridine rings is 1. The fraction of sp³-hybridized carbons (Fsp3) is 0.139. The van der Waals surface area contributed by atoms with E-state index in [0.29, 0.717) is 0 Å². The molecule has 0 radical (unpaired) electrons. The Kier molecular flexibility index (Phi) is 7.70. The Balaban J connectivity index is 1.55. The fourth-order valence-corrected chi connectivity index (χ4v) is 5.02. The van der Waals surface area contributed by atoms with Gasteiger partial charge in [0.15, 0.2) is 0 Å². The molecule has 4 nitrogen and oxygen atoms in total. The zero-order chi connectivity index (χ0) is 28.2. The van der Waals surface area contributed by atoms with Crippen LogP contribution in [-0.4, -0.2) is 21.5 Å². The quantitative estimate of drug-likeness (QED) is 0.225. The molecule has 0 aliphatic carbocycles. The van der Waals surface area contributed by atoms with E-state index in [2.05, 4.69) is 32.9 Å². The molecule has 0 amide bonds. The van der Waals surface area contributed by atoms with Crippen LogP contribution in [0.1, 0.15) is 41.9 Å². The molecule has 0 unspecified atom stereocenters. The van der Waals surface area contributed by atoms with Crippen molar-refractivity contribution < 1.29 is 5.11 Å². The second-order valence-corrected chi connectivity index (χ2v) is 10.2. The summed E-state index contributed by atoms with van der Waals surface area (Å²) in [7, 11) is 0. The molecule has 1 aromatic heterocycles. The van der Waals surface area contributed by atoms with Crippen LogP contribution in [0.3, 0.4) is 0 Å². The van der Waals surface area contributed by atoms with Crippen molar-refractivity contribution in [1.82, 2.24) is 4.98 Å². The Bertz CT molecular complexity index is 1650. The molecule has 5 rings (SSSR count). The zero-order valence-electron chi connectivity index (χ0n) is 23.6. The van der Waals surface area contributed by atoms with Gasteiger partial charge in [-0.2, -0.15) is 0 Å². The highest BCUT2D eigenvalue weighted by Gasteiger charge is 2.14. The van der Waals surface area contributed by atoms with Gasteiger partial charge in [0.05, 0.1) is 34.2 Å². The molecule has 0 spiro atoms. The Morgan fingerprint density at radius 3 is 1.57 bits per heavy atom. The van der Waals surface area contributed by atoms with Gasteiger partial charge in [-0.25, -0.2) is 4.98 Å². The van der Waals surface area contributed by atoms with Crippen LogP contribution in [0.2, 0.25) is 0 Å². The summed E-state index contributed by atoms with van der Waals surface area (Å²) in [6.07, 6.45) is 0. The molecule has 0 aliphatic rings. The van der Waals surface area contributed by atoms with Gasteiger partial charge in [-0.1, -0.05) is 84.4 Å². The summed E-state index contributed by atoms with van der Waals surface area (Å²) in [4.78, 5) is 14.8. The van der Waals surface area contributed by atoms with Crippen LogP contribution in [-0.2, 0) is 0 Å². The van der Waals surface area contributed by atoms with Crippen LogP contribution in [0, 0.1) is 20.8 Å². The first-order chi connectivity index (χ1) is 19.3. The van der Waals surface area contributed by atoms with Crippen molar-refractivity contribution in [2.75, 3.05) is 0 Å². The number of hydrogen-bond donors (Lipinski definition) is 1. The van der Waals surface area contributed by atoms with Crippen LogP contribution in [0.4, 0.5) is 11.4 Å². The van der Waals surface area contributed by atoms with Crippen molar-refractivity contribution in [2.24, 2.45) is 9.98 Å². The number of hydrogen-bond acceptors (Lipinski definition) is 4. The third-order valence-electron chi connectivity index (χ3n) is 6.97. The smallest absolute Gasteiger partial charge is 0.131 e. The molecule has 40 heavy (non-hydrogen) atoms. The van der Waals surface area contributed by atoms with Gasteiger partial charge in [0.25, 0.3) is 0 Å². The van der Waals surface area contributed by atoms with E-state index < -0.39 is 0 Å². The van der Waals surface area contributed by atoms with E-state index >= 15 is 0 Å². The van der Waals surface area contributed by atoms with E-state index in [9.17, 15) is 5.11 Å². The minimum atomic E-state index is 0.239. The lowest BCUT2D eigenvalue weighted by atomic mass is 9.96. The van der Waals surface area contributed by atoms with Crippen LogP contribution < -0.4 is 0 Å². The van der Waals surface area contributed by atoms with Gasteiger partial charge < -0.3 is 5.11 Å². The molecule has 0 aliphatic heterocycles. The van der Waals surface area contributed by atoms with E-state index in [-0.39, 0.29) is 5.75 Å². The predicted molar refractivity (Wildman–Crippen MR) is 168 cm³/mol. The molecule has 0 saturated heterocycles. The van der Waals surface area contributed by atoms with Gasteiger partial charge >= 0.3 is 0 Å². The summed E-state index contributed by atoms with van der Waals surface area (Å²) in [6.45, 7) is 10.3. The largest absolute Gasteiger partial charge is 0.507 e. The first-order valence-electron chi connectivity index (χ1n) is 13.4. The molecule has 1 N–H and O–H groups in total. The first-order valence-corrected chi connectivity index (χ1v) is 13.4. The summed E-state index contributed by atoms with van der Waals surface area (Å²) in [5, 5.41) is 11.3. The van der Waals surface area contributed by atoms with E-state index in [4.69, 9.17) is 15.0 Å². The lowest BCUT2D eigenvalue weighted by Crippen LogP contribution is -2.05. The van der Waals surface area contributed by atoms with Crippen LogP contribution >= 0.6 is 0 Å². The lowest BCUT2D eigenvalue weighted by Gasteiger charge is -2.13. The second kappa shape index (κ2) is 11.5. The van der Waals surface area contributed by atoms with Crippen LogP contribution in [0.25, 0.3) is 22.3 Å². The number of phenolic OH excluding ortho intramolecular Hbond substituents is 1. The summed E-state index contributed by atoms with van der Waals surface area (Å²) >= 11 is 0. The Labute approximate surface area is 236 Å². The molecule has 5 aromatic rings. The molecular weight excluding hydrogens is 490 g/mol. The molecule has 0 fully saturated rings. The molecular formula is C36H33N3O. The van der Waals surface area contributed by atoms with Gasteiger partial charge in [0, 0.05) is 11.1 Å². The number of aryl methyl sites for hydroxylation is 3. The van der Waals surface area contributed by atoms with E-state index in [0.717, 1.165) is 67.6 Å². The first kappa shape index (κ1) is 26.8. The predicted octanol–water partition coefficient (Wildman–Crippen LogP) is 9.33. The van der Waals surface area contributed by atoms with E-state index in [1.165, 1.54) is 5.56 Å². The minimum Gasteiger partial charge on any atom is -0.507 e. The average Bonchev–Trinajstić information content (AvgIpc) is 2.96. The van der Waals surface area contributed by atoms with Crippen molar-refractivity contribution in [2.45, 2.75) is 34.6 Å². The van der Waals surface area contributed by atoms with Crippen LogP contribution in [0.5, 0.6) is 5.75 Å². The molecule has 4 aromatic carbocycles. The molecule has 0 saturated carbocycles. The monoisotopic (exact) mass is 523 g/mol. The standard InChI is InChI=1S/C36H33N3O/c1-23-19-24(2)35(25(3)20-23)38-27(5)34-18-12-17-33(39-34)26(4)37-30-21-31(28-13-8-6-9-14-28)36(40)32(22-30)29-15-10-7-11-16-29/h6-22,40H,1-5H3/b37-26+,38-27+. The highest BCUT2D eigenvalue weighted by molar-refractivity contribution is 6.02. The van der Waals surface area contributed by atoms with Crippen molar-refractivity contribution >= 4 is 22.8 Å². The maximum Gasteiger partial charge on any atom is 0.131 e. The van der Waals surface area contributed by atoms with Gasteiger partial charge in [-0.3, -0.25) is 9.98 Å². The molecule has 4 heteroatoms. The van der Waals surface area contributed by atoms with Crippen molar-refractivity contribution in [3.63, 3.8) is 0 Å². The molecule has 1 heterocycles. The summed E-state index contributed by atoms with van der Waals surface area (Å²) in [5.74, 6) is 0.239. The normalized spacial score (nSPS) is 12.0. The SMILES string of the molecule is C/C(=N\c1cc(-c2ccccc2)c(O)c(-c2ccccc2)c1)c1cccc(/C(C)=N/c2c(C)cc(C)cc2C)n1.